The first-order chi connectivity index (χ1) is 16.9. The van der Waals surface area contributed by atoms with E-state index in [1.807, 2.05) is 56.3 Å². The van der Waals surface area contributed by atoms with E-state index >= 15 is 0 Å². The molecule has 176 valence electrons. The van der Waals surface area contributed by atoms with Crippen molar-refractivity contribution in [1.29, 1.82) is 0 Å². The summed E-state index contributed by atoms with van der Waals surface area (Å²) in [6.07, 6.45) is 0. The molecule has 1 N–H and O–H groups in total. The summed E-state index contributed by atoms with van der Waals surface area (Å²) < 4.78 is 7.33. The number of hydrogen-bond acceptors (Lipinski definition) is 6. The average molecular weight is 549 g/mol. The maximum absolute atomic E-state index is 13.4. The zero-order valence-corrected chi connectivity index (χ0v) is 21.4. The normalized spacial score (nSPS) is 17.3. The van der Waals surface area contributed by atoms with Gasteiger partial charge in [0.05, 0.1) is 28.4 Å². The topological polar surface area (TPSA) is 79.7 Å². The Labute approximate surface area is 214 Å². The third-order valence-electron chi connectivity index (χ3n) is 5.79. The van der Waals surface area contributed by atoms with Gasteiger partial charge in [-0.1, -0.05) is 57.6 Å². The monoisotopic (exact) mass is 548 g/mol. The van der Waals surface area contributed by atoms with E-state index in [1.165, 1.54) is 16.2 Å². The number of hydrogen-bond donors (Lipinski definition) is 1. The number of aryl methyl sites for hydroxylation is 1. The molecule has 0 aliphatic carbocycles. The minimum Gasteiger partial charge on any atom is -0.507 e. The van der Waals surface area contributed by atoms with E-state index in [9.17, 15) is 14.7 Å². The Kier molecular flexibility index (Phi) is 6.17. The van der Waals surface area contributed by atoms with Crippen LogP contribution in [0.1, 0.15) is 29.7 Å². The van der Waals surface area contributed by atoms with Gasteiger partial charge in [0, 0.05) is 10.0 Å². The summed E-state index contributed by atoms with van der Waals surface area (Å²) in [5, 5.41) is 11.7. The number of Topliss-reactive ketones (excluding diaryl/α,β-unsaturated/α-hetero) is 1. The van der Waals surface area contributed by atoms with Gasteiger partial charge in [0.25, 0.3) is 5.78 Å². The van der Waals surface area contributed by atoms with Crippen molar-refractivity contribution in [2.24, 2.45) is 0 Å². The first-order valence-electron chi connectivity index (χ1n) is 11.0. The zero-order valence-electron chi connectivity index (χ0n) is 19.0. The molecule has 0 bridgehead atoms. The van der Waals surface area contributed by atoms with E-state index in [1.54, 1.807) is 24.3 Å². The number of ketones is 1. The second-order valence-electron chi connectivity index (χ2n) is 8.15. The molecule has 5 rings (SSSR count). The summed E-state index contributed by atoms with van der Waals surface area (Å²) >= 11 is 4.78. The molecular weight excluding hydrogens is 528 g/mol. The van der Waals surface area contributed by atoms with Crippen LogP contribution in [-0.4, -0.2) is 28.4 Å². The van der Waals surface area contributed by atoms with Crippen LogP contribution in [0.15, 0.2) is 76.8 Å². The fourth-order valence-corrected chi connectivity index (χ4v) is 5.52. The second kappa shape index (κ2) is 9.28. The van der Waals surface area contributed by atoms with Crippen LogP contribution in [0.2, 0.25) is 0 Å². The lowest BCUT2D eigenvalue weighted by atomic mass is 9.95. The molecule has 1 aromatic heterocycles. The van der Waals surface area contributed by atoms with Gasteiger partial charge < -0.3 is 9.84 Å². The van der Waals surface area contributed by atoms with Gasteiger partial charge in [-0.3, -0.25) is 14.5 Å². The Morgan fingerprint density at radius 2 is 1.89 bits per heavy atom. The van der Waals surface area contributed by atoms with Gasteiger partial charge in [-0.15, -0.1) is 0 Å². The van der Waals surface area contributed by atoms with Crippen molar-refractivity contribution in [2.75, 3.05) is 11.5 Å². The van der Waals surface area contributed by atoms with E-state index in [2.05, 4.69) is 20.9 Å². The largest absolute Gasteiger partial charge is 0.507 e. The predicted molar refractivity (Wildman–Crippen MR) is 141 cm³/mol. The van der Waals surface area contributed by atoms with Crippen LogP contribution in [0.3, 0.4) is 0 Å². The van der Waals surface area contributed by atoms with Crippen molar-refractivity contribution in [3.8, 4) is 5.75 Å². The summed E-state index contributed by atoms with van der Waals surface area (Å²) in [5.41, 5.74) is 2.92. The second-order valence-corrected chi connectivity index (χ2v) is 10.1. The van der Waals surface area contributed by atoms with Gasteiger partial charge in [-0.25, -0.2) is 4.98 Å². The molecule has 35 heavy (non-hydrogen) atoms. The fraction of sp³-hybridized carbons (Fsp3) is 0.148. The standard InChI is InChI=1S/C27H21BrN2O4S/c1-3-34-19-6-4-5-17(14-19)24(31)22-23(16-8-10-18(28)11-9-16)30(26(33)25(22)32)27-29-20-12-7-15(2)13-21(20)35-27/h4-14,23,31H,3H2,1-2H3. The summed E-state index contributed by atoms with van der Waals surface area (Å²) in [4.78, 5) is 32.8. The maximum Gasteiger partial charge on any atom is 0.301 e. The summed E-state index contributed by atoms with van der Waals surface area (Å²) in [6, 6.07) is 19.2. The number of aliphatic hydroxyl groups is 1. The van der Waals surface area contributed by atoms with Crippen LogP contribution in [0.5, 0.6) is 5.75 Å². The third kappa shape index (κ3) is 4.24. The van der Waals surface area contributed by atoms with E-state index in [4.69, 9.17) is 4.74 Å². The number of nitrogens with zero attached hydrogens (tertiary/aromatic N) is 2. The number of carbonyl (C=O) groups excluding carboxylic acids is 2. The first kappa shape index (κ1) is 23.3. The molecule has 8 heteroatoms. The average Bonchev–Trinajstić information content (AvgIpc) is 3.37. The van der Waals surface area contributed by atoms with Crippen molar-refractivity contribution in [3.63, 3.8) is 0 Å². The van der Waals surface area contributed by atoms with Crippen LogP contribution in [-0.2, 0) is 9.59 Å². The number of aromatic nitrogens is 1. The number of halogens is 1. The maximum atomic E-state index is 13.4. The van der Waals surface area contributed by atoms with Gasteiger partial charge >= 0.3 is 5.91 Å². The molecule has 0 radical (unpaired) electrons. The molecule has 3 aromatic carbocycles. The van der Waals surface area contributed by atoms with Gasteiger partial charge in [0.15, 0.2) is 5.13 Å². The molecule has 4 aromatic rings. The van der Waals surface area contributed by atoms with E-state index in [-0.39, 0.29) is 11.3 Å². The number of amides is 1. The van der Waals surface area contributed by atoms with E-state index < -0.39 is 17.7 Å². The lowest BCUT2D eigenvalue weighted by Gasteiger charge is -2.23. The molecule has 1 aliphatic rings. The van der Waals surface area contributed by atoms with Gasteiger partial charge in [-0.2, -0.15) is 0 Å². The Morgan fingerprint density at radius 3 is 2.63 bits per heavy atom. The van der Waals surface area contributed by atoms with Crippen LogP contribution in [0, 0.1) is 6.92 Å². The number of rotatable bonds is 5. The molecule has 1 amide bonds. The Hall–Kier alpha value is -3.49. The van der Waals surface area contributed by atoms with Gasteiger partial charge in [-0.05, 0) is 61.4 Å². The fourth-order valence-electron chi connectivity index (χ4n) is 4.17. The molecule has 2 heterocycles. The molecule has 0 saturated carbocycles. The van der Waals surface area contributed by atoms with Crippen LogP contribution >= 0.6 is 27.3 Å². The van der Waals surface area contributed by atoms with Crippen LogP contribution < -0.4 is 9.64 Å². The SMILES string of the molecule is CCOc1cccc(C(O)=C2C(=O)C(=O)N(c3nc4ccc(C)cc4s3)C2c2ccc(Br)cc2)c1. The Bertz CT molecular complexity index is 1490. The van der Waals surface area contributed by atoms with E-state index in [0.29, 0.717) is 28.6 Å². The molecule has 1 atom stereocenters. The highest BCUT2D eigenvalue weighted by atomic mass is 79.9. The zero-order chi connectivity index (χ0) is 24.7. The van der Waals surface area contributed by atoms with Gasteiger partial charge in [0.1, 0.15) is 11.5 Å². The number of aliphatic hydroxyl groups excluding tert-OH is 1. The Balaban J connectivity index is 1.71. The van der Waals surface area contributed by atoms with Crippen LogP contribution in [0.4, 0.5) is 5.13 Å². The number of ether oxygens (including phenoxy) is 1. The Morgan fingerprint density at radius 1 is 1.11 bits per heavy atom. The van der Waals surface area contributed by atoms with Crippen molar-refractivity contribution in [3.05, 3.63) is 93.5 Å². The van der Waals surface area contributed by atoms with Crippen molar-refractivity contribution in [2.45, 2.75) is 19.9 Å². The molecule has 1 aliphatic heterocycles. The number of fused-ring (bicyclic) bond motifs is 1. The summed E-state index contributed by atoms with van der Waals surface area (Å²) in [5.74, 6) is -1.17. The van der Waals surface area contributed by atoms with Crippen molar-refractivity contribution in [1.82, 2.24) is 4.98 Å². The van der Waals surface area contributed by atoms with E-state index in [0.717, 1.165) is 20.3 Å². The molecule has 1 unspecified atom stereocenters. The van der Waals surface area contributed by atoms with Crippen molar-refractivity contribution < 1.29 is 19.4 Å². The molecular formula is C27H21BrN2O4S. The van der Waals surface area contributed by atoms with Crippen LogP contribution in [0.25, 0.3) is 16.0 Å². The van der Waals surface area contributed by atoms with Crippen molar-refractivity contribution >= 4 is 60.1 Å². The molecule has 6 nitrogen and oxygen atoms in total. The summed E-state index contributed by atoms with van der Waals surface area (Å²) in [7, 11) is 0. The minimum atomic E-state index is -0.833. The highest BCUT2D eigenvalue weighted by molar-refractivity contribution is 9.10. The quantitative estimate of drug-likeness (QED) is 0.177. The number of anilines is 1. The minimum absolute atomic E-state index is 0.0152. The molecule has 0 spiro atoms. The predicted octanol–water partition coefficient (Wildman–Crippen LogP) is 6.39. The lowest BCUT2D eigenvalue weighted by Crippen LogP contribution is -2.29. The molecule has 1 fully saturated rings. The first-order valence-corrected chi connectivity index (χ1v) is 12.6. The number of thiazole rings is 1. The smallest absolute Gasteiger partial charge is 0.301 e. The summed E-state index contributed by atoms with van der Waals surface area (Å²) in [6.45, 7) is 4.32. The lowest BCUT2D eigenvalue weighted by molar-refractivity contribution is -0.132. The third-order valence-corrected chi connectivity index (χ3v) is 7.33. The number of benzene rings is 3. The molecule has 1 saturated heterocycles. The van der Waals surface area contributed by atoms with Gasteiger partial charge in [0.2, 0.25) is 0 Å². The highest BCUT2D eigenvalue weighted by Gasteiger charge is 2.48. The highest BCUT2D eigenvalue weighted by Crippen LogP contribution is 2.44. The number of carbonyl (C=O) groups is 2.